The highest BCUT2D eigenvalue weighted by atomic mass is 16.6. The molecule has 2 unspecified atom stereocenters. The molecule has 1 aliphatic heterocycles. The molecule has 2 rings (SSSR count). The van der Waals surface area contributed by atoms with E-state index in [4.69, 9.17) is 10.5 Å². The summed E-state index contributed by atoms with van der Waals surface area (Å²) < 4.78 is 5.46. The van der Waals surface area contributed by atoms with Crippen LogP contribution in [0.15, 0.2) is 30.3 Å². The Morgan fingerprint density at radius 2 is 1.92 bits per heavy atom. The lowest BCUT2D eigenvalue weighted by atomic mass is 9.80. The number of hydrogen-bond acceptors (Lipinski definition) is 4. The van der Waals surface area contributed by atoms with Gasteiger partial charge in [-0.1, -0.05) is 30.3 Å². The lowest BCUT2D eigenvalue weighted by molar-refractivity contribution is -0.132. The van der Waals surface area contributed by atoms with Gasteiger partial charge in [0.15, 0.2) is 0 Å². The van der Waals surface area contributed by atoms with Crippen molar-refractivity contribution in [2.24, 2.45) is 11.7 Å². The van der Waals surface area contributed by atoms with E-state index < -0.39 is 17.2 Å². The van der Waals surface area contributed by atoms with Crippen molar-refractivity contribution in [3.63, 3.8) is 0 Å². The molecule has 1 aromatic carbocycles. The van der Waals surface area contributed by atoms with Crippen LogP contribution in [0.4, 0.5) is 4.79 Å². The van der Waals surface area contributed by atoms with Crippen molar-refractivity contribution in [3.05, 3.63) is 35.9 Å². The molecule has 5 heteroatoms. The van der Waals surface area contributed by atoms with Gasteiger partial charge >= 0.3 is 6.09 Å². The lowest BCUT2D eigenvalue weighted by Crippen LogP contribution is -2.47. The Balaban J connectivity index is 2.31. The summed E-state index contributed by atoms with van der Waals surface area (Å²) >= 11 is 0. The molecular weight excluding hydrogens is 316 g/mol. The molecule has 1 aliphatic rings. The fourth-order valence-electron chi connectivity index (χ4n) is 3.62. The number of imide groups is 1. The van der Waals surface area contributed by atoms with E-state index in [-0.39, 0.29) is 17.7 Å². The van der Waals surface area contributed by atoms with Crippen LogP contribution in [0, 0.1) is 5.92 Å². The molecule has 0 spiro atoms. The smallest absolute Gasteiger partial charge is 0.417 e. The highest BCUT2D eigenvalue weighted by molar-refractivity contribution is 5.96. The summed E-state index contributed by atoms with van der Waals surface area (Å²) in [6, 6.07) is 9.94. The quantitative estimate of drug-likeness (QED) is 0.902. The number of amides is 2. The van der Waals surface area contributed by atoms with Crippen molar-refractivity contribution < 1.29 is 14.3 Å². The minimum Gasteiger partial charge on any atom is -0.443 e. The average molecular weight is 346 g/mol. The molecule has 2 N–H and O–H groups in total. The molecule has 1 heterocycles. The maximum Gasteiger partial charge on any atom is 0.417 e. The number of ether oxygens (including phenoxy) is 1. The van der Waals surface area contributed by atoms with E-state index in [9.17, 15) is 9.59 Å². The molecule has 0 aliphatic carbocycles. The first kappa shape index (κ1) is 19.4. The van der Waals surface area contributed by atoms with E-state index in [0.29, 0.717) is 19.4 Å². The van der Waals surface area contributed by atoms with E-state index in [0.717, 1.165) is 5.56 Å². The standard InChI is InChI=1S/C20H30N2O3/c1-19(2,3)25-18(24)22-17(23)16(13-20(22,4)5)15(11-12-21)14-9-7-6-8-10-14/h6-10,15-16H,11-13,21H2,1-5H3. The summed E-state index contributed by atoms with van der Waals surface area (Å²) in [5.74, 6) is -0.430. The number of likely N-dealkylation sites (tertiary alicyclic amines) is 1. The zero-order valence-corrected chi connectivity index (χ0v) is 15.9. The van der Waals surface area contributed by atoms with Crippen molar-refractivity contribution in [1.82, 2.24) is 4.90 Å². The number of benzene rings is 1. The van der Waals surface area contributed by atoms with Crippen LogP contribution in [-0.4, -0.2) is 34.6 Å². The summed E-state index contributed by atoms with van der Waals surface area (Å²) in [6.45, 7) is 9.74. The van der Waals surface area contributed by atoms with Crippen LogP contribution in [0.5, 0.6) is 0 Å². The average Bonchev–Trinajstić information content (AvgIpc) is 2.73. The first-order chi connectivity index (χ1) is 11.6. The van der Waals surface area contributed by atoms with Gasteiger partial charge < -0.3 is 10.5 Å². The second-order valence-corrected chi connectivity index (χ2v) is 8.37. The number of rotatable bonds is 4. The molecule has 0 saturated carbocycles. The Labute approximate surface area is 150 Å². The van der Waals surface area contributed by atoms with Gasteiger partial charge in [-0.3, -0.25) is 4.79 Å². The Bertz CT molecular complexity index is 620. The van der Waals surface area contributed by atoms with E-state index in [1.54, 1.807) is 20.8 Å². The largest absolute Gasteiger partial charge is 0.443 e. The summed E-state index contributed by atoms with van der Waals surface area (Å²) in [5, 5.41) is 0. The van der Waals surface area contributed by atoms with Gasteiger partial charge in [0.25, 0.3) is 0 Å². The normalized spacial score (nSPS) is 21.3. The third-order valence-electron chi connectivity index (χ3n) is 4.63. The first-order valence-corrected chi connectivity index (χ1v) is 8.89. The molecule has 0 radical (unpaired) electrons. The Kier molecular flexibility index (Phi) is 5.57. The van der Waals surface area contributed by atoms with Gasteiger partial charge in [-0.2, -0.15) is 0 Å². The van der Waals surface area contributed by atoms with E-state index in [1.165, 1.54) is 4.90 Å². The molecular formula is C20H30N2O3. The fraction of sp³-hybridized carbons (Fsp3) is 0.600. The second-order valence-electron chi connectivity index (χ2n) is 8.37. The zero-order chi connectivity index (χ0) is 18.8. The number of hydrogen-bond donors (Lipinski definition) is 1. The first-order valence-electron chi connectivity index (χ1n) is 8.89. The Hall–Kier alpha value is -1.88. The molecule has 5 nitrogen and oxygen atoms in total. The SMILES string of the molecule is CC(C)(C)OC(=O)N1C(=O)C(C(CCN)c2ccccc2)CC1(C)C. The predicted molar refractivity (Wildman–Crippen MR) is 98.1 cm³/mol. The Morgan fingerprint density at radius 1 is 1.32 bits per heavy atom. The van der Waals surface area contributed by atoms with Crippen molar-refractivity contribution >= 4 is 12.0 Å². The number of nitrogens with two attached hydrogens (primary N) is 1. The van der Waals surface area contributed by atoms with Crippen LogP contribution < -0.4 is 5.73 Å². The maximum absolute atomic E-state index is 13.1. The van der Waals surface area contributed by atoms with Crippen LogP contribution in [0.2, 0.25) is 0 Å². The Morgan fingerprint density at radius 3 is 2.44 bits per heavy atom. The van der Waals surface area contributed by atoms with E-state index in [2.05, 4.69) is 0 Å². The van der Waals surface area contributed by atoms with Crippen LogP contribution in [0.3, 0.4) is 0 Å². The highest BCUT2D eigenvalue weighted by Crippen LogP contribution is 2.43. The summed E-state index contributed by atoms with van der Waals surface area (Å²) in [7, 11) is 0. The van der Waals surface area contributed by atoms with E-state index >= 15 is 0 Å². The minimum atomic E-state index is -0.637. The monoisotopic (exact) mass is 346 g/mol. The topological polar surface area (TPSA) is 72.6 Å². The van der Waals surface area contributed by atoms with Crippen LogP contribution in [-0.2, 0) is 9.53 Å². The summed E-state index contributed by atoms with van der Waals surface area (Å²) in [6.07, 6.45) is 0.744. The van der Waals surface area contributed by atoms with Gasteiger partial charge in [0.05, 0.1) is 0 Å². The van der Waals surface area contributed by atoms with Gasteiger partial charge in [-0.25, -0.2) is 9.69 Å². The van der Waals surface area contributed by atoms with Gasteiger partial charge in [0, 0.05) is 11.5 Å². The van der Waals surface area contributed by atoms with Crippen LogP contribution in [0.1, 0.15) is 58.9 Å². The molecule has 2 amide bonds. The highest BCUT2D eigenvalue weighted by Gasteiger charge is 2.52. The summed E-state index contributed by atoms with van der Waals surface area (Å²) in [4.78, 5) is 27.0. The molecule has 0 bridgehead atoms. The van der Waals surface area contributed by atoms with Crippen molar-refractivity contribution in [1.29, 1.82) is 0 Å². The predicted octanol–water partition coefficient (Wildman–Crippen LogP) is 3.68. The van der Waals surface area contributed by atoms with Crippen LogP contribution in [0.25, 0.3) is 0 Å². The number of nitrogens with zero attached hydrogens (tertiary/aromatic N) is 1. The molecule has 1 fully saturated rings. The van der Waals surface area contributed by atoms with Gasteiger partial charge in [-0.15, -0.1) is 0 Å². The van der Waals surface area contributed by atoms with Gasteiger partial charge in [0.1, 0.15) is 5.60 Å². The third kappa shape index (κ3) is 4.40. The molecule has 1 saturated heterocycles. The van der Waals surface area contributed by atoms with E-state index in [1.807, 2.05) is 44.2 Å². The minimum absolute atomic E-state index is 0.00501. The maximum atomic E-state index is 13.1. The lowest BCUT2D eigenvalue weighted by Gasteiger charge is -2.31. The fourth-order valence-corrected chi connectivity index (χ4v) is 3.62. The van der Waals surface area contributed by atoms with Crippen molar-refractivity contribution in [3.8, 4) is 0 Å². The van der Waals surface area contributed by atoms with Gasteiger partial charge in [-0.05, 0) is 65.5 Å². The number of carbonyl (C=O) groups is 2. The molecule has 138 valence electrons. The van der Waals surface area contributed by atoms with Crippen LogP contribution >= 0.6 is 0 Å². The molecule has 25 heavy (non-hydrogen) atoms. The van der Waals surface area contributed by atoms with Gasteiger partial charge in [0.2, 0.25) is 5.91 Å². The van der Waals surface area contributed by atoms with Crippen molar-refractivity contribution in [2.75, 3.05) is 6.54 Å². The zero-order valence-electron chi connectivity index (χ0n) is 15.9. The second kappa shape index (κ2) is 7.16. The molecule has 1 aromatic rings. The van der Waals surface area contributed by atoms with Crippen molar-refractivity contribution in [2.45, 2.75) is 64.5 Å². The molecule has 0 aromatic heterocycles. The third-order valence-corrected chi connectivity index (χ3v) is 4.63. The molecule has 2 atom stereocenters. The number of carbonyl (C=O) groups excluding carboxylic acids is 2. The summed E-state index contributed by atoms with van der Waals surface area (Å²) in [5.41, 5.74) is 5.68.